The van der Waals surface area contributed by atoms with Gasteiger partial charge in [0.15, 0.2) is 0 Å². The summed E-state index contributed by atoms with van der Waals surface area (Å²) in [4.78, 5) is 0. The monoisotopic (exact) mass is 257 g/mol. The molecule has 2 aromatic carbocycles. The molecule has 0 aliphatic rings. The molecule has 0 heterocycles. The minimum absolute atomic E-state index is 0.0368. The number of para-hydroxylation sites is 1. The summed E-state index contributed by atoms with van der Waals surface area (Å²) in [6, 6.07) is 15.2. The van der Waals surface area contributed by atoms with E-state index in [2.05, 4.69) is 12.2 Å². The lowest BCUT2D eigenvalue weighted by Gasteiger charge is -2.17. The third-order valence-corrected chi connectivity index (χ3v) is 3.07. The van der Waals surface area contributed by atoms with E-state index < -0.39 is 0 Å². The Morgan fingerprint density at radius 1 is 1.05 bits per heavy atom. The highest BCUT2D eigenvalue weighted by atomic mass is 16.3. The SMILES string of the molecule is CC(Cc1ccc(O)cc1)Nc1ccccc1CO. The highest BCUT2D eigenvalue weighted by Gasteiger charge is 2.06. The maximum absolute atomic E-state index is 9.28. The fraction of sp³-hybridized carbons (Fsp3) is 0.250. The van der Waals surface area contributed by atoms with Crippen molar-refractivity contribution in [3.8, 4) is 5.75 Å². The predicted octanol–water partition coefficient (Wildman–Crippen LogP) is 2.93. The molecular formula is C16H19NO2. The van der Waals surface area contributed by atoms with E-state index in [1.54, 1.807) is 12.1 Å². The molecule has 1 unspecified atom stereocenters. The van der Waals surface area contributed by atoms with Crippen molar-refractivity contribution in [3.05, 3.63) is 59.7 Å². The first-order chi connectivity index (χ1) is 9.19. The van der Waals surface area contributed by atoms with Crippen molar-refractivity contribution >= 4 is 5.69 Å². The number of hydrogen-bond acceptors (Lipinski definition) is 3. The molecule has 100 valence electrons. The van der Waals surface area contributed by atoms with Gasteiger partial charge in [-0.2, -0.15) is 0 Å². The van der Waals surface area contributed by atoms with Gasteiger partial charge in [-0.05, 0) is 37.1 Å². The lowest BCUT2D eigenvalue weighted by atomic mass is 10.1. The second-order valence-electron chi connectivity index (χ2n) is 4.73. The van der Waals surface area contributed by atoms with Crippen molar-refractivity contribution in [3.63, 3.8) is 0 Å². The Morgan fingerprint density at radius 2 is 1.74 bits per heavy atom. The average Bonchev–Trinajstić information content (AvgIpc) is 2.42. The van der Waals surface area contributed by atoms with Crippen molar-refractivity contribution < 1.29 is 10.2 Å². The molecule has 19 heavy (non-hydrogen) atoms. The van der Waals surface area contributed by atoms with E-state index in [0.717, 1.165) is 17.7 Å². The van der Waals surface area contributed by atoms with Crippen molar-refractivity contribution in [1.82, 2.24) is 0 Å². The van der Waals surface area contributed by atoms with Gasteiger partial charge in [-0.1, -0.05) is 30.3 Å². The first kappa shape index (κ1) is 13.4. The summed E-state index contributed by atoms with van der Waals surface area (Å²) in [6.07, 6.45) is 0.861. The zero-order valence-electron chi connectivity index (χ0n) is 11.0. The van der Waals surface area contributed by atoms with Crippen molar-refractivity contribution in [1.29, 1.82) is 0 Å². The normalized spacial score (nSPS) is 12.1. The Hall–Kier alpha value is -2.00. The van der Waals surface area contributed by atoms with Crippen molar-refractivity contribution in [2.75, 3.05) is 5.32 Å². The second kappa shape index (κ2) is 6.25. The van der Waals surface area contributed by atoms with Crippen LogP contribution in [-0.4, -0.2) is 16.3 Å². The summed E-state index contributed by atoms with van der Waals surface area (Å²) in [5.41, 5.74) is 3.04. The van der Waals surface area contributed by atoms with Crippen LogP contribution in [0, 0.1) is 0 Å². The van der Waals surface area contributed by atoms with Crippen LogP contribution in [0.3, 0.4) is 0 Å². The van der Waals surface area contributed by atoms with Gasteiger partial charge in [0.05, 0.1) is 6.61 Å². The number of aliphatic hydroxyl groups excluding tert-OH is 1. The molecule has 2 aromatic rings. The van der Waals surface area contributed by atoms with E-state index in [4.69, 9.17) is 0 Å². The number of aliphatic hydroxyl groups is 1. The molecule has 1 atom stereocenters. The maximum Gasteiger partial charge on any atom is 0.115 e. The smallest absolute Gasteiger partial charge is 0.115 e. The molecule has 3 heteroatoms. The molecule has 0 aliphatic heterocycles. The summed E-state index contributed by atoms with van der Waals surface area (Å²) in [7, 11) is 0. The van der Waals surface area contributed by atoms with Crippen LogP contribution in [-0.2, 0) is 13.0 Å². The van der Waals surface area contributed by atoms with Crippen molar-refractivity contribution in [2.45, 2.75) is 26.0 Å². The minimum Gasteiger partial charge on any atom is -0.508 e. The van der Waals surface area contributed by atoms with Crippen LogP contribution in [0.1, 0.15) is 18.1 Å². The molecule has 0 saturated carbocycles. The number of rotatable bonds is 5. The van der Waals surface area contributed by atoms with Gasteiger partial charge >= 0.3 is 0 Å². The largest absolute Gasteiger partial charge is 0.508 e. The third kappa shape index (κ3) is 3.73. The number of aromatic hydroxyl groups is 1. The number of phenolic OH excluding ortho intramolecular Hbond substituents is 1. The molecule has 0 saturated heterocycles. The second-order valence-corrected chi connectivity index (χ2v) is 4.73. The molecule has 0 aromatic heterocycles. The molecule has 0 amide bonds. The lowest BCUT2D eigenvalue weighted by molar-refractivity contribution is 0.282. The van der Waals surface area contributed by atoms with Gasteiger partial charge in [0.2, 0.25) is 0 Å². The van der Waals surface area contributed by atoms with Gasteiger partial charge in [-0.15, -0.1) is 0 Å². The first-order valence-electron chi connectivity index (χ1n) is 6.42. The molecule has 3 nitrogen and oxygen atoms in total. The maximum atomic E-state index is 9.28. The summed E-state index contributed by atoms with van der Waals surface area (Å²) < 4.78 is 0. The number of anilines is 1. The zero-order chi connectivity index (χ0) is 13.7. The van der Waals surface area contributed by atoms with Gasteiger partial charge in [0, 0.05) is 17.3 Å². The number of phenols is 1. The molecule has 0 radical (unpaired) electrons. The standard InChI is InChI=1S/C16H19NO2/c1-12(10-13-6-8-15(19)9-7-13)17-16-5-3-2-4-14(16)11-18/h2-9,12,17-19H,10-11H2,1H3. The quantitative estimate of drug-likeness (QED) is 0.772. The topological polar surface area (TPSA) is 52.5 Å². The Kier molecular flexibility index (Phi) is 4.42. The lowest BCUT2D eigenvalue weighted by Crippen LogP contribution is -2.19. The highest BCUT2D eigenvalue weighted by molar-refractivity contribution is 5.51. The van der Waals surface area contributed by atoms with Crippen LogP contribution in [0.15, 0.2) is 48.5 Å². The van der Waals surface area contributed by atoms with Crippen LogP contribution in [0.5, 0.6) is 5.75 Å². The fourth-order valence-electron chi connectivity index (χ4n) is 2.10. The van der Waals surface area contributed by atoms with E-state index in [0.29, 0.717) is 0 Å². The van der Waals surface area contributed by atoms with Gasteiger partial charge in [0.25, 0.3) is 0 Å². The third-order valence-electron chi connectivity index (χ3n) is 3.07. The van der Waals surface area contributed by atoms with E-state index in [9.17, 15) is 10.2 Å². The molecule has 0 aliphatic carbocycles. The average molecular weight is 257 g/mol. The number of nitrogens with one attached hydrogen (secondary N) is 1. The van der Waals surface area contributed by atoms with Crippen LogP contribution >= 0.6 is 0 Å². The van der Waals surface area contributed by atoms with Gasteiger partial charge in [0.1, 0.15) is 5.75 Å². The van der Waals surface area contributed by atoms with E-state index in [-0.39, 0.29) is 18.4 Å². The molecule has 0 bridgehead atoms. The van der Waals surface area contributed by atoms with E-state index in [1.807, 2.05) is 36.4 Å². The van der Waals surface area contributed by atoms with E-state index >= 15 is 0 Å². The Balaban J connectivity index is 2.01. The molecule has 2 rings (SSSR count). The summed E-state index contributed by atoms with van der Waals surface area (Å²) in [5.74, 6) is 0.287. The summed E-state index contributed by atoms with van der Waals surface area (Å²) in [5, 5.41) is 21.9. The van der Waals surface area contributed by atoms with Gasteiger partial charge < -0.3 is 15.5 Å². The van der Waals surface area contributed by atoms with Gasteiger partial charge in [-0.3, -0.25) is 0 Å². The molecule has 0 spiro atoms. The fourth-order valence-corrected chi connectivity index (χ4v) is 2.10. The zero-order valence-corrected chi connectivity index (χ0v) is 11.0. The predicted molar refractivity (Wildman–Crippen MR) is 77.3 cm³/mol. The van der Waals surface area contributed by atoms with Crippen LogP contribution in [0.4, 0.5) is 5.69 Å². The summed E-state index contributed by atoms with van der Waals surface area (Å²) >= 11 is 0. The van der Waals surface area contributed by atoms with Crippen molar-refractivity contribution in [2.24, 2.45) is 0 Å². The van der Waals surface area contributed by atoms with E-state index in [1.165, 1.54) is 5.56 Å². The van der Waals surface area contributed by atoms with Crippen LogP contribution in [0.25, 0.3) is 0 Å². The Bertz CT molecular complexity index is 523. The molecule has 0 fully saturated rings. The van der Waals surface area contributed by atoms with Crippen LogP contribution in [0.2, 0.25) is 0 Å². The van der Waals surface area contributed by atoms with Gasteiger partial charge in [-0.25, -0.2) is 0 Å². The molecular weight excluding hydrogens is 238 g/mol. The molecule has 3 N–H and O–H groups in total. The number of benzene rings is 2. The minimum atomic E-state index is 0.0368. The number of hydrogen-bond donors (Lipinski definition) is 3. The van der Waals surface area contributed by atoms with Crippen LogP contribution < -0.4 is 5.32 Å². The Labute approximate surface area is 113 Å². The summed E-state index contributed by atoms with van der Waals surface area (Å²) in [6.45, 7) is 2.14. The first-order valence-corrected chi connectivity index (χ1v) is 6.42. The Morgan fingerprint density at radius 3 is 2.42 bits per heavy atom. The highest BCUT2D eigenvalue weighted by Crippen LogP contribution is 2.18.